The van der Waals surface area contributed by atoms with E-state index < -0.39 is 11.6 Å². The minimum Gasteiger partial charge on any atom is -0.507 e. The predicted octanol–water partition coefficient (Wildman–Crippen LogP) is 8.60. The molecule has 0 saturated carbocycles. The van der Waals surface area contributed by atoms with Crippen molar-refractivity contribution in [2.45, 2.75) is 40.2 Å². The molecular formula is C28H22Br2O4S2. The maximum atomic E-state index is 13.8. The molecule has 1 atom stereocenters. The van der Waals surface area contributed by atoms with Gasteiger partial charge in [0.05, 0.1) is 16.0 Å². The van der Waals surface area contributed by atoms with Gasteiger partial charge in [-0.3, -0.25) is 9.59 Å². The molecule has 0 spiro atoms. The van der Waals surface area contributed by atoms with Gasteiger partial charge in [0.2, 0.25) is 0 Å². The number of thioether (sulfide) groups is 1. The van der Waals surface area contributed by atoms with Crippen LogP contribution in [0.3, 0.4) is 0 Å². The average Bonchev–Trinajstić information content (AvgIpc) is 2.83. The highest BCUT2D eigenvalue weighted by atomic mass is 79.9. The zero-order valence-electron chi connectivity index (χ0n) is 19.4. The Balaban J connectivity index is 1.74. The van der Waals surface area contributed by atoms with Crippen LogP contribution in [0.2, 0.25) is 0 Å². The lowest BCUT2D eigenvalue weighted by Crippen LogP contribution is -2.24. The lowest BCUT2D eigenvalue weighted by Gasteiger charge is -2.24. The molecule has 1 aliphatic carbocycles. The van der Waals surface area contributed by atoms with E-state index in [0.717, 1.165) is 24.3 Å². The molecule has 0 amide bonds. The first-order valence-corrected chi connectivity index (χ1v) is 14.3. The van der Waals surface area contributed by atoms with E-state index in [1.807, 2.05) is 68.5 Å². The highest BCUT2D eigenvalue weighted by molar-refractivity contribution is 9.10. The number of carbonyl (C=O) groups excluding carboxylic acids is 2. The summed E-state index contributed by atoms with van der Waals surface area (Å²) in [4.78, 5) is 28.9. The SMILES string of the molecule is CC(C)=CCC(Sc1ccc(Br)cc1)C1=CC(=O)c2c(O)cc(Sc3ccc(Br)cc3)c(O)c2C1=O. The molecule has 2 N–H and O–H groups in total. The van der Waals surface area contributed by atoms with Crippen LogP contribution in [0.5, 0.6) is 11.5 Å². The van der Waals surface area contributed by atoms with Crippen LogP contribution in [0.25, 0.3) is 0 Å². The molecule has 1 unspecified atom stereocenters. The van der Waals surface area contributed by atoms with E-state index in [0.29, 0.717) is 16.9 Å². The first-order valence-electron chi connectivity index (χ1n) is 11.0. The number of hydrogen-bond acceptors (Lipinski definition) is 6. The number of Topliss-reactive ketones (excluding diaryl/α,β-unsaturated/α-hetero) is 1. The summed E-state index contributed by atoms with van der Waals surface area (Å²) in [5, 5.41) is 21.5. The standard InChI is InChI=1S/C28H22Br2O4S2/c1-15(2)3-12-23(35-18-8-4-16(29)5-9-18)20-13-21(31)25-22(32)14-24(28(34)26(25)27(20)33)36-19-10-6-17(30)7-11-19/h3-11,13-14,23,32,34H,12H2,1-2H3. The quantitative estimate of drug-likeness (QED) is 0.152. The van der Waals surface area contributed by atoms with Gasteiger partial charge in [0, 0.05) is 29.6 Å². The third-order valence-corrected chi connectivity index (χ3v) is 8.86. The summed E-state index contributed by atoms with van der Waals surface area (Å²) in [7, 11) is 0. The zero-order chi connectivity index (χ0) is 26.0. The third-order valence-electron chi connectivity index (χ3n) is 5.49. The number of phenols is 2. The number of hydrogen-bond donors (Lipinski definition) is 2. The van der Waals surface area contributed by atoms with Crippen LogP contribution in [0.1, 0.15) is 41.0 Å². The molecule has 0 heterocycles. The largest absolute Gasteiger partial charge is 0.507 e. The van der Waals surface area contributed by atoms with Gasteiger partial charge >= 0.3 is 0 Å². The van der Waals surface area contributed by atoms with E-state index in [-0.39, 0.29) is 27.9 Å². The first-order chi connectivity index (χ1) is 17.1. The number of halogens is 2. The molecule has 184 valence electrons. The molecular weight excluding hydrogens is 624 g/mol. The van der Waals surface area contributed by atoms with Gasteiger partial charge < -0.3 is 10.2 Å². The molecule has 36 heavy (non-hydrogen) atoms. The molecule has 0 fully saturated rings. The highest BCUT2D eigenvalue weighted by Gasteiger charge is 2.36. The summed E-state index contributed by atoms with van der Waals surface area (Å²) in [5.41, 5.74) is 1.10. The summed E-state index contributed by atoms with van der Waals surface area (Å²) in [5.74, 6) is -1.56. The van der Waals surface area contributed by atoms with Crippen LogP contribution >= 0.6 is 55.4 Å². The van der Waals surface area contributed by atoms with Gasteiger partial charge in [0.1, 0.15) is 11.5 Å². The number of phenolic OH excluding ortho intramolecular Hbond substituents is 2. The summed E-state index contributed by atoms with van der Waals surface area (Å²) < 4.78 is 1.85. The first kappa shape index (κ1) is 26.8. The number of allylic oxidation sites excluding steroid dienone is 3. The van der Waals surface area contributed by atoms with E-state index in [1.54, 1.807) is 0 Å². The second-order valence-corrected chi connectivity index (χ2v) is 12.6. The Labute approximate surface area is 235 Å². The van der Waals surface area contributed by atoms with Crippen LogP contribution in [-0.4, -0.2) is 27.0 Å². The van der Waals surface area contributed by atoms with E-state index in [4.69, 9.17) is 0 Å². The van der Waals surface area contributed by atoms with Gasteiger partial charge in [0.25, 0.3) is 0 Å². The molecule has 0 aliphatic heterocycles. The summed E-state index contributed by atoms with van der Waals surface area (Å²) in [6.45, 7) is 3.96. The molecule has 0 saturated heterocycles. The second-order valence-electron chi connectivity index (χ2n) is 8.42. The zero-order valence-corrected chi connectivity index (χ0v) is 24.2. The molecule has 3 aromatic carbocycles. The fourth-order valence-corrected chi connectivity index (χ4v) is 6.27. The van der Waals surface area contributed by atoms with Crippen LogP contribution in [0, 0.1) is 0 Å². The highest BCUT2D eigenvalue weighted by Crippen LogP contribution is 2.46. The van der Waals surface area contributed by atoms with E-state index in [2.05, 4.69) is 31.9 Å². The van der Waals surface area contributed by atoms with Gasteiger partial charge in [-0.15, -0.1) is 11.8 Å². The van der Waals surface area contributed by atoms with E-state index in [9.17, 15) is 19.8 Å². The molecule has 4 rings (SSSR count). The number of ketones is 2. The third kappa shape index (κ3) is 5.99. The fraction of sp³-hybridized carbons (Fsp3) is 0.143. The van der Waals surface area contributed by atoms with Gasteiger partial charge in [-0.1, -0.05) is 55.3 Å². The van der Waals surface area contributed by atoms with Crippen LogP contribution in [0.4, 0.5) is 0 Å². The molecule has 8 heteroatoms. The summed E-state index contributed by atoms with van der Waals surface area (Å²) in [6, 6.07) is 16.5. The molecule has 0 bridgehead atoms. The molecule has 4 nitrogen and oxygen atoms in total. The minimum atomic E-state index is -0.494. The van der Waals surface area contributed by atoms with E-state index >= 15 is 0 Å². The Hall–Kier alpha value is -2.26. The topological polar surface area (TPSA) is 74.6 Å². The monoisotopic (exact) mass is 644 g/mol. The van der Waals surface area contributed by atoms with Crippen LogP contribution in [0.15, 0.2) is 102 Å². The Morgan fingerprint density at radius 1 is 0.917 bits per heavy atom. The minimum absolute atomic E-state index is 0.143. The number of carbonyl (C=O) groups is 2. The van der Waals surface area contributed by atoms with Crippen molar-refractivity contribution in [2.75, 3.05) is 0 Å². The maximum absolute atomic E-state index is 13.8. The molecule has 1 aliphatic rings. The Bertz CT molecular complexity index is 1390. The van der Waals surface area contributed by atoms with Crippen molar-refractivity contribution in [1.82, 2.24) is 0 Å². The number of benzene rings is 3. The number of fused-ring (bicyclic) bond motifs is 1. The van der Waals surface area contributed by atoms with Crippen molar-refractivity contribution in [3.63, 3.8) is 0 Å². The fourth-order valence-electron chi connectivity index (χ4n) is 3.73. The Morgan fingerprint density at radius 3 is 2.08 bits per heavy atom. The van der Waals surface area contributed by atoms with Gasteiger partial charge in [-0.25, -0.2) is 0 Å². The van der Waals surface area contributed by atoms with Crippen molar-refractivity contribution in [1.29, 1.82) is 0 Å². The second kappa shape index (κ2) is 11.4. The lowest BCUT2D eigenvalue weighted by atomic mass is 9.86. The van der Waals surface area contributed by atoms with Crippen LogP contribution in [-0.2, 0) is 0 Å². The van der Waals surface area contributed by atoms with E-state index in [1.165, 1.54) is 35.7 Å². The normalized spacial score (nSPS) is 13.7. The van der Waals surface area contributed by atoms with Gasteiger partial charge in [-0.2, -0.15) is 0 Å². The summed E-state index contributed by atoms with van der Waals surface area (Å²) in [6.07, 6.45) is 3.87. The predicted molar refractivity (Wildman–Crippen MR) is 153 cm³/mol. The van der Waals surface area contributed by atoms with Crippen molar-refractivity contribution in [3.8, 4) is 11.5 Å². The van der Waals surface area contributed by atoms with Crippen molar-refractivity contribution >= 4 is 67.0 Å². The Kier molecular flexibility index (Phi) is 8.50. The maximum Gasteiger partial charge on any atom is 0.194 e. The van der Waals surface area contributed by atoms with Crippen molar-refractivity contribution in [3.05, 3.63) is 98.0 Å². The van der Waals surface area contributed by atoms with Crippen molar-refractivity contribution < 1.29 is 19.8 Å². The van der Waals surface area contributed by atoms with Gasteiger partial charge in [-0.05, 0) is 80.9 Å². The Morgan fingerprint density at radius 2 is 1.50 bits per heavy atom. The molecule has 3 aromatic rings. The van der Waals surface area contributed by atoms with Crippen LogP contribution < -0.4 is 0 Å². The number of rotatable bonds is 7. The molecule has 0 aromatic heterocycles. The average molecular weight is 646 g/mol. The number of aromatic hydroxyl groups is 2. The lowest BCUT2D eigenvalue weighted by molar-refractivity contribution is 0.0976. The van der Waals surface area contributed by atoms with Crippen molar-refractivity contribution in [2.24, 2.45) is 0 Å². The summed E-state index contributed by atoms with van der Waals surface area (Å²) >= 11 is 9.52. The van der Waals surface area contributed by atoms with Gasteiger partial charge in [0.15, 0.2) is 11.6 Å². The molecule has 0 radical (unpaired) electrons. The smallest absolute Gasteiger partial charge is 0.194 e.